The molecule has 3 aliphatic rings. The van der Waals surface area contributed by atoms with E-state index in [-0.39, 0.29) is 0 Å². The van der Waals surface area contributed by atoms with E-state index in [1.165, 1.54) is 50.5 Å². The van der Waals surface area contributed by atoms with Crippen molar-refractivity contribution in [1.29, 1.82) is 0 Å². The lowest BCUT2D eigenvalue weighted by molar-refractivity contribution is 0.130. The molecule has 0 aromatic carbocycles. The van der Waals surface area contributed by atoms with Crippen LogP contribution in [0.5, 0.6) is 0 Å². The normalized spacial score (nSPS) is 35.5. The minimum Gasteiger partial charge on any atom is -0.396 e. The molecule has 0 N–H and O–H groups in total. The molecule has 0 radical (unpaired) electrons. The van der Waals surface area contributed by atoms with Crippen LogP contribution in [-0.4, -0.2) is 12.3 Å². The van der Waals surface area contributed by atoms with Gasteiger partial charge in [0.25, 0.3) is 0 Å². The fourth-order valence-corrected chi connectivity index (χ4v) is 6.92. The number of allylic oxidation sites excluding steroid dienone is 4. The standard InChI is InChI=1S/C27H45NO/c1-19(2)10-8-11-20(3)14-17-29-28-21(4)18-24-22-12-13-23-25(22)26(5,6)15-9-16-27(23,24)7/h10,18,20,22-23,25H,8-9,11-17H2,1-7H3/b24-18-,28-21+/t20?,22-,23-,25+,27+/m1/s1. The van der Waals surface area contributed by atoms with Crippen molar-refractivity contribution in [2.24, 2.45) is 39.7 Å². The van der Waals surface area contributed by atoms with Crippen molar-refractivity contribution in [2.75, 3.05) is 6.61 Å². The van der Waals surface area contributed by atoms with Crippen LogP contribution in [-0.2, 0) is 4.84 Å². The number of oxime groups is 1. The molecule has 0 aromatic rings. The van der Waals surface area contributed by atoms with Gasteiger partial charge in [-0.1, -0.05) is 56.5 Å². The highest BCUT2D eigenvalue weighted by Crippen LogP contribution is 2.70. The van der Waals surface area contributed by atoms with E-state index in [9.17, 15) is 0 Å². The summed E-state index contributed by atoms with van der Waals surface area (Å²) in [6.07, 6.45) is 15.2. The summed E-state index contributed by atoms with van der Waals surface area (Å²) < 4.78 is 0. The minimum atomic E-state index is 0.400. The number of hydrogen-bond donors (Lipinski definition) is 0. The second kappa shape index (κ2) is 8.98. The van der Waals surface area contributed by atoms with Gasteiger partial charge in [-0.3, -0.25) is 0 Å². The summed E-state index contributed by atoms with van der Waals surface area (Å²) in [7, 11) is 0. The van der Waals surface area contributed by atoms with E-state index >= 15 is 0 Å². The van der Waals surface area contributed by atoms with Gasteiger partial charge in [0.2, 0.25) is 0 Å². The third-order valence-corrected chi connectivity index (χ3v) is 8.44. The van der Waals surface area contributed by atoms with Crippen LogP contribution in [0.15, 0.2) is 28.5 Å². The predicted molar refractivity (Wildman–Crippen MR) is 125 cm³/mol. The Kier molecular flexibility index (Phi) is 7.01. The maximum atomic E-state index is 5.72. The van der Waals surface area contributed by atoms with Crippen molar-refractivity contribution in [3.05, 3.63) is 23.3 Å². The van der Waals surface area contributed by atoms with Crippen molar-refractivity contribution >= 4 is 5.71 Å². The fourth-order valence-electron chi connectivity index (χ4n) is 6.92. The average molecular weight is 400 g/mol. The molecule has 1 unspecified atom stereocenters. The van der Waals surface area contributed by atoms with Gasteiger partial charge in [0, 0.05) is 0 Å². The summed E-state index contributed by atoms with van der Waals surface area (Å²) in [6.45, 7) is 17.1. The van der Waals surface area contributed by atoms with Gasteiger partial charge in [-0.15, -0.1) is 0 Å². The quantitative estimate of drug-likeness (QED) is 0.176. The molecular formula is C27H45NO. The summed E-state index contributed by atoms with van der Waals surface area (Å²) >= 11 is 0. The van der Waals surface area contributed by atoms with Crippen LogP contribution in [0.25, 0.3) is 0 Å². The van der Waals surface area contributed by atoms with Crippen LogP contribution < -0.4 is 0 Å². The van der Waals surface area contributed by atoms with Crippen LogP contribution in [0.1, 0.15) is 99.8 Å². The van der Waals surface area contributed by atoms with E-state index < -0.39 is 0 Å². The summed E-state index contributed by atoms with van der Waals surface area (Å²) in [4.78, 5) is 5.72. The smallest absolute Gasteiger partial charge is 0.117 e. The van der Waals surface area contributed by atoms with Crippen LogP contribution in [0.2, 0.25) is 0 Å². The number of hydrogen-bond acceptors (Lipinski definition) is 2. The van der Waals surface area contributed by atoms with E-state index in [0.29, 0.717) is 16.7 Å². The molecule has 3 fully saturated rings. The monoisotopic (exact) mass is 399 g/mol. The van der Waals surface area contributed by atoms with Crippen molar-refractivity contribution in [3.63, 3.8) is 0 Å². The Morgan fingerprint density at radius 2 is 1.90 bits per heavy atom. The molecule has 0 heterocycles. The highest BCUT2D eigenvalue weighted by molar-refractivity contribution is 5.93. The third kappa shape index (κ3) is 4.83. The topological polar surface area (TPSA) is 21.6 Å². The number of rotatable bonds is 8. The van der Waals surface area contributed by atoms with Crippen molar-refractivity contribution in [1.82, 2.24) is 0 Å². The molecular weight excluding hydrogens is 354 g/mol. The first-order valence-corrected chi connectivity index (χ1v) is 12.2. The van der Waals surface area contributed by atoms with Gasteiger partial charge in [-0.2, -0.15) is 0 Å². The zero-order chi connectivity index (χ0) is 21.2. The summed E-state index contributed by atoms with van der Waals surface area (Å²) in [6, 6.07) is 0. The lowest BCUT2D eigenvalue weighted by Gasteiger charge is -2.36. The molecule has 0 aliphatic heterocycles. The zero-order valence-corrected chi connectivity index (χ0v) is 20.2. The van der Waals surface area contributed by atoms with E-state index in [4.69, 9.17) is 4.84 Å². The first-order valence-electron chi connectivity index (χ1n) is 12.2. The predicted octanol–water partition coefficient (Wildman–Crippen LogP) is 7.95. The second-order valence-electron chi connectivity index (χ2n) is 11.5. The lowest BCUT2D eigenvalue weighted by Crippen LogP contribution is -2.28. The Morgan fingerprint density at radius 3 is 2.62 bits per heavy atom. The zero-order valence-electron chi connectivity index (χ0n) is 20.2. The molecule has 0 aromatic heterocycles. The van der Waals surface area contributed by atoms with Gasteiger partial charge in [0.15, 0.2) is 0 Å². The lowest BCUT2D eigenvalue weighted by atomic mass is 9.68. The van der Waals surface area contributed by atoms with E-state index in [2.05, 4.69) is 65.8 Å². The van der Waals surface area contributed by atoms with Gasteiger partial charge in [0.1, 0.15) is 6.61 Å². The molecule has 5 atom stereocenters. The molecule has 0 saturated heterocycles. The largest absolute Gasteiger partial charge is 0.396 e. The van der Waals surface area contributed by atoms with Crippen LogP contribution in [0, 0.1) is 34.5 Å². The molecule has 4 bridgehead atoms. The van der Waals surface area contributed by atoms with Gasteiger partial charge < -0.3 is 4.84 Å². The van der Waals surface area contributed by atoms with Crippen molar-refractivity contribution in [2.45, 2.75) is 99.8 Å². The van der Waals surface area contributed by atoms with Crippen LogP contribution in [0.3, 0.4) is 0 Å². The summed E-state index contributed by atoms with van der Waals surface area (Å²) in [5.74, 6) is 3.22. The van der Waals surface area contributed by atoms with E-state index in [0.717, 1.165) is 36.5 Å². The molecule has 3 saturated carbocycles. The Morgan fingerprint density at radius 1 is 1.14 bits per heavy atom. The molecule has 2 heteroatoms. The SMILES string of the molecule is CC(C)=CCCC(C)CCO/N=C(C)/C=C1/[C@H]2CC[C@@H]3[C@H]2C(C)(C)CCC[C@]13C. The van der Waals surface area contributed by atoms with Gasteiger partial charge in [-0.05, 0) is 106 Å². The average Bonchev–Trinajstić information content (AvgIpc) is 3.13. The first-order chi connectivity index (χ1) is 13.6. The molecule has 0 amide bonds. The highest BCUT2D eigenvalue weighted by atomic mass is 16.6. The Balaban J connectivity index is 1.58. The maximum Gasteiger partial charge on any atom is 0.117 e. The minimum absolute atomic E-state index is 0.400. The van der Waals surface area contributed by atoms with Gasteiger partial charge in [0.05, 0.1) is 5.71 Å². The summed E-state index contributed by atoms with van der Waals surface area (Å²) in [5.41, 5.74) is 5.07. The number of nitrogens with zero attached hydrogens (tertiary/aromatic N) is 1. The molecule has 3 rings (SSSR count). The van der Waals surface area contributed by atoms with Crippen molar-refractivity contribution < 1.29 is 4.84 Å². The first kappa shape index (κ1) is 22.6. The second-order valence-corrected chi connectivity index (χ2v) is 11.5. The highest BCUT2D eigenvalue weighted by Gasteiger charge is 2.62. The van der Waals surface area contributed by atoms with Crippen molar-refractivity contribution in [3.8, 4) is 0 Å². The fraction of sp³-hybridized carbons (Fsp3) is 0.815. The Hall–Kier alpha value is -1.05. The summed E-state index contributed by atoms with van der Waals surface area (Å²) in [5, 5.41) is 4.49. The maximum absolute atomic E-state index is 5.72. The molecule has 0 spiro atoms. The van der Waals surface area contributed by atoms with Crippen LogP contribution in [0.4, 0.5) is 0 Å². The molecule has 3 aliphatic carbocycles. The molecule has 2 nitrogen and oxygen atoms in total. The third-order valence-electron chi connectivity index (χ3n) is 8.44. The van der Waals surface area contributed by atoms with Crippen LogP contribution >= 0.6 is 0 Å². The molecule has 29 heavy (non-hydrogen) atoms. The van der Waals surface area contributed by atoms with E-state index in [1.54, 1.807) is 5.57 Å². The van der Waals surface area contributed by atoms with Gasteiger partial charge >= 0.3 is 0 Å². The van der Waals surface area contributed by atoms with E-state index in [1.807, 2.05) is 0 Å². The Bertz CT molecular complexity index is 666. The van der Waals surface area contributed by atoms with Gasteiger partial charge in [-0.25, -0.2) is 0 Å². The molecule has 164 valence electrons. The Labute approximate surface area is 180 Å².